The Balaban J connectivity index is 1.98. The third-order valence-electron chi connectivity index (χ3n) is 3.01. The molecule has 0 unspecified atom stereocenters. The van der Waals surface area contributed by atoms with Crippen LogP contribution in [0.4, 0.5) is 11.4 Å². The molecule has 0 aliphatic carbocycles. The highest BCUT2D eigenvalue weighted by Crippen LogP contribution is 2.22. The van der Waals surface area contributed by atoms with E-state index in [1.54, 1.807) is 29.9 Å². The highest BCUT2D eigenvalue weighted by molar-refractivity contribution is 5.54. The number of nitro benzene ring substituents is 1. The number of rotatable bonds is 7. The second-order valence-corrected chi connectivity index (χ2v) is 4.66. The quantitative estimate of drug-likeness (QED) is 0.591. The second-order valence-electron chi connectivity index (χ2n) is 4.66. The summed E-state index contributed by atoms with van der Waals surface area (Å²) in [4.78, 5) is 10.5. The van der Waals surface area contributed by atoms with Crippen LogP contribution in [0, 0.1) is 17.0 Å². The maximum atomic E-state index is 10.9. The van der Waals surface area contributed by atoms with Crippen LogP contribution in [0.2, 0.25) is 0 Å². The van der Waals surface area contributed by atoms with E-state index in [1.807, 2.05) is 0 Å². The normalized spacial score (nSPS) is 10.6. The van der Waals surface area contributed by atoms with E-state index in [4.69, 9.17) is 5.11 Å². The fourth-order valence-corrected chi connectivity index (χ4v) is 1.87. The molecule has 8 nitrogen and oxygen atoms in total. The maximum Gasteiger partial charge on any atom is 0.274 e. The maximum absolute atomic E-state index is 10.9. The number of nitrogens with one attached hydrogen (secondary N) is 1. The summed E-state index contributed by atoms with van der Waals surface area (Å²) in [6.07, 6.45) is 2.41. The minimum atomic E-state index is -0.397. The van der Waals surface area contributed by atoms with E-state index in [0.717, 1.165) is 5.69 Å². The Morgan fingerprint density at radius 1 is 1.48 bits per heavy atom. The molecule has 0 atom stereocenters. The molecule has 0 aliphatic rings. The molecular weight excluding hydrogens is 274 g/mol. The summed E-state index contributed by atoms with van der Waals surface area (Å²) in [5.41, 5.74) is 2.11. The van der Waals surface area contributed by atoms with Gasteiger partial charge in [-0.1, -0.05) is 11.3 Å². The number of anilines is 1. The van der Waals surface area contributed by atoms with Crippen molar-refractivity contribution >= 4 is 11.4 Å². The molecule has 112 valence electrons. The second kappa shape index (κ2) is 6.80. The van der Waals surface area contributed by atoms with Crippen LogP contribution in [-0.2, 0) is 13.1 Å². The summed E-state index contributed by atoms with van der Waals surface area (Å²) < 4.78 is 1.66. The highest BCUT2D eigenvalue weighted by atomic mass is 16.6. The number of hydrogen-bond donors (Lipinski definition) is 2. The summed E-state index contributed by atoms with van der Waals surface area (Å²) >= 11 is 0. The SMILES string of the molecule is Cc1ccc(NCc2cn(CCCO)nn2)cc1[N+](=O)[O-]. The number of hydrogen-bond acceptors (Lipinski definition) is 6. The van der Waals surface area contributed by atoms with Gasteiger partial charge in [-0.3, -0.25) is 14.8 Å². The van der Waals surface area contributed by atoms with Gasteiger partial charge in [-0.05, 0) is 19.4 Å². The average Bonchev–Trinajstić information content (AvgIpc) is 2.92. The van der Waals surface area contributed by atoms with Gasteiger partial charge in [-0.25, -0.2) is 0 Å². The van der Waals surface area contributed by atoms with Crippen molar-refractivity contribution in [1.29, 1.82) is 0 Å². The fraction of sp³-hybridized carbons (Fsp3) is 0.385. The fourth-order valence-electron chi connectivity index (χ4n) is 1.87. The van der Waals surface area contributed by atoms with Crippen molar-refractivity contribution < 1.29 is 10.0 Å². The Labute approximate surface area is 121 Å². The van der Waals surface area contributed by atoms with E-state index in [9.17, 15) is 10.1 Å². The van der Waals surface area contributed by atoms with E-state index < -0.39 is 4.92 Å². The lowest BCUT2D eigenvalue weighted by Crippen LogP contribution is -2.01. The largest absolute Gasteiger partial charge is 0.396 e. The average molecular weight is 291 g/mol. The van der Waals surface area contributed by atoms with Crippen LogP contribution in [0.3, 0.4) is 0 Å². The molecule has 1 heterocycles. The third-order valence-corrected chi connectivity index (χ3v) is 3.01. The predicted molar refractivity (Wildman–Crippen MR) is 76.9 cm³/mol. The summed E-state index contributed by atoms with van der Waals surface area (Å²) in [6.45, 7) is 2.86. The predicted octanol–water partition coefficient (Wildman–Crippen LogP) is 1.49. The van der Waals surface area contributed by atoms with Gasteiger partial charge in [0.1, 0.15) is 5.69 Å². The van der Waals surface area contributed by atoms with Crippen molar-refractivity contribution in [3.05, 3.63) is 45.8 Å². The van der Waals surface area contributed by atoms with E-state index in [-0.39, 0.29) is 12.3 Å². The molecule has 2 aromatic rings. The molecule has 8 heteroatoms. The topological polar surface area (TPSA) is 106 Å². The van der Waals surface area contributed by atoms with Crippen LogP contribution < -0.4 is 5.32 Å². The van der Waals surface area contributed by atoms with E-state index in [0.29, 0.717) is 30.8 Å². The van der Waals surface area contributed by atoms with Crippen LogP contribution in [-0.4, -0.2) is 31.6 Å². The molecule has 0 spiro atoms. The van der Waals surface area contributed by atoms with Crippen LogP contribution in [0.5, 0.6) is 0 Å². The molecule has 0 saturated carbocycles. The van der Waals surface area contributed by atoms with Gasteiger partial charge in [0.2, 0.25) is 0 Å². The van der Waals surface area contributed by atoms with Crippen molar-refractivity contribution in [2.75, 3.05) is 11.9 Å². The van der Waals surface area contributed by atoms with Gasteiger partial charge in [0.15, 0.2) is 0 Å². The van der Waals surface area contributed by atoms with Crippen LogP contribution in [0.25, 0.3) is 0 Å². The van der Waals surface area contributed by atoms with Gasteiger partial charge in [0.05, 0.1) is 17.7 Å². The first-order valence-corrected chi connectivity index (χ1v) is 6.59. The lowest BCUT2D eigenvalue weighted by molar-refractivity contribution is -0.385. The van der Waals surface area contributed by atoms with Crippen LogP contribution in [0.15, 0.2) is 24.4 Å². The van der Waals surface area contributed by atoms with Crippen molar-refractivity contribution in [1.82, 2.24) is 15.0 Å². The lowest BCUT2D eigenvalue weighted by Gasteiger charge is -2.05. The number of aryl methyl sites for hydroxylation is 2. The number of nitro groups is 1. The Hall–Kier alpha value is -2.48. The molecule has 2 N–H and O–H groups in total. The molecule has 1 aromatic heterocycles. The summed E-state index contributed by atoms with van der Waals surface area (Å²) in [6, 6.07) is 5.00. The zero-order chi connectivity index (χ0) is 15.2. The summed E-state index contributed by atoms with van der Waals surface area (Å²) in [5, 5.41) is 30.6. The number of benzene rings is 1. The van der Waals surface area contributed by atoms with Crippen LogP contribution in [0.1, 0.15) is 17.7 Å². The molecule has 0 radical (unpaired) electrons. The summed E-state index contributed by atoms with van der Waals surface area (Å²) in [5.74, 6) is 0. The van der Waals surface area contributed by atoms with E-state index >= 15 is 0 Å². The first kappa shape index (κ1) is 14.9. The zero-order valence-corrected chi connectivity index (χ0v) is 11.7. The van der Waals surface area contributed by atoms with Gasteiger partial charge in [0.25, 0.3) is 5.69 Å². The standard InChI is InChI=1S/C13H17N5O3/c1-10-3-4-11(7-13(10)18(20)21)14-8-12-9-17(16-15-12)5-2-6-19/h3-4,7,9,14,19H,2,5-6,8H2,1H3. The smallest absolute Gasteiger partial charge is 0.274 e. The Kier molecular flexibility index (Phi) is 4.83. The van der Waals surface area contributed by atoms with Gasteiger partial charge < -0.3 is 10.4 Å². The Bertz CT molecular complexity index is 626. The first-order valence-electron chi connectivity index (χ1n) is 6.59. The first-order chi connectivity index (χ1) is 10.1. The Morgan fingerprint density at radius 3 is 3.00 bits per heavy atom. The number of aliphatic hydroxyl groups excluding tert-OH is 1. The molecular formula is C13H17N5O3. The van der Waals surface area contributed by atoms with Gasteiger partial charge >= 0.3 is 0 Å². The zero-order valence-electron chi connectivity index (χ0n) is 11.7. The molecule has 2 rings (SSSR count). The van der Waals surface area contributed by atoms with E-state index in [1.165, 1.54) is 6.07 Å². The van der Waals surface area contributed by atoms with Crippen LogP contribution >= 0.6 is 0 Å². The third kappa shape index (κ3) is 3.99. The molecule has 0 aliphatic heterocycles. The highest BCUT2D eigenvalue weighted by Gasteiger charge is 2.11. The Morgan fingerprint density at radius 2 is 2.29 bits per heavy atom. The van der Waals surface area contributed by atoms with Crippen molar-refractivity contribution in [2.45, 2.75) is 26.4 Å². The van der Waals surface area contributed by atoms with Gasteiger partial charge in [-0.2, -0.15) is 0 Å². The van der Waals surface area contributed by atoms with E-state index in [2.05, 4.69) is 15.6 Å². The summed E-state index contributed by atoms with van der Waals surface area (Å²) in [7, 11) is 0. The lowest BCUT2D eigenvalue weighted by atomic mass is 10.2. The minimum absolute atomic E-state index is 0.0894. The molecule has 0 fully saturated rings. The molecule has 0 bridgehead atoms. The molecule has 0 saturated heterocycles. The van der Waals surface area contributed by atoms with Crippen molar-refractivity contribution in [2.24, 2.45) is 0 Å². The number of aromatic nitrogens is 3. The van der Waals surface area contributed by atoms with Gasteiger partial charge in [0, 0.05) is 30.5 Å². The van der Waals surface area contributed by atoms with Crippen molar-refractivity contribution in [3.63, 3.8) is 0 Å². The molecule has 0 amide bonds. The minimum Gasteiger partial charge on any atom is -0.396 e. The number of nitrogens with zero attached hydrogens (tertiary/aromatic N) is 4. The number of aliphatic hydroxyl groups is 1. The molecule has 1 aromatic carbocycles. The monoisotopic (exact) mass is 291 g/mol. The van der Waals surface area contributed by atoms with Gasteiger partial charge in [-0.15, -0.1) is 5.10 Å². The van der Waals surface area contributed by atoms with Crippen molar-refractivity contribution in [3.8, 4) is 0 Å². The molecule has 21 heavy (non-hydrogen) atoms.